The highest BCUT2D eigenvalue weighted by Gasteiger charge is 2.44. The Bertz CT molecular complexity index is 1150. The van der Waals surface area contributed by atoms with Crippen molar-refractivity contribution in [2.24, 2.45) is 5.92 Å². The lowest BCUT2D eigenvalue weighted by atomic mass is 9.95. The summed E-state index contributed by atoms with van der Waals surface area (Å²) in [6.07, 6.45) is 2.80. The molecule has 1 aliphatic rings. The average molecular weight is 431 g/mol. The Morgan fingerprint density at radius 3 is 2.19 bits per heavy atom. The first-order valence-electron chi connectivity index (χ1n) is 10.6. The lowest BCUT2D eigenvalue weighted by Gasteiger charge is -2.44. The minimum absolute atomic E-state index is 0.0862. The number of anilines is 1. The first-order valence-corrected chi connectivity index (χ1v) is 10.6. The topological polar surface area (TPSA) is 97.3 Å². The summed E-state index contributed by atoms with van der Waals surface area (Å²) >= 11 is 0. The summed E-state index contributed by atoms with van der Waals surface area (Å²) in [4.78, 5) is 12.7. The van der Waals surface area contributed by atoms with Gasteiger partial charge in [0, 0.05) is 0 Å². The number of hydrogen-bond donors (Lipinski definition) is 1. The molecule has 0 saturated carbocycles. The fraction of sp³-hybridized carbons (Fsp3) is 0.292. The van der Waals surface area contributed by atoms with Gasteiger partial charge in [0.25, 0.3) is 0 Å². The van der Waals surface area contributed by atoms with Gasteiger partial charge in [0.05, 0.1) is 44.8 Å². The van der Waals surface area contributed by atoms with Crippen LogP contribution in [0.15, 0.2) is 73.3 Å². The number of nitrogens with zero attached hydrogens (tertiary/aromatic N) is 4. The molecular weight excluding hydrogens is 406 g/mol. The quantitative estimate of drug-likeness (QED) is 0.434. The molecule has 1 fully saturated rings. The molecule has 3 heterocycles. The largest absolute Gasteiger partial charge is 0.382 e. The molecular formula is C24H25N5O3. The predicted molar refractivity (Wildman–Crippen MR) is 119 cm³/mol. The van der Waals surface area contributed by atoms with E-state index in [1.165, 1.54) is 6.33 Å². The fourth-order valence-corrected chi connectivity index (χ4v) is 3.91. The van der Waals surface area contributed by atoms with Crippen molar-refractivity contribution in [3.63, 3.8) is 0 Å². The standard InChI is InChI=1S/C24H25N5O3/c25-22-21-23(27-15-26-22)29(16-28-21)24-19(13-30-11-17-7-3-1-4-8-17)20(32-24)14-31-12-18-9-5-2-6-10-18/h1-10,15-16,19-20,24H,11-14H2,(H2,25,26,27)/t19-,20-,24-/m0/s1. The maximum atomic E-state index is 6.20. The molecule has 0 unspecified atom stereocenters. The summed E-state index contributed by atoms with van der Waals surface area (Å²) in [5, 5.41) is 0. The van der Waals surface area contributed by atoms with Crippen molar-refractivity contribution < 1.29 is 14.2 Å². The zero-order valence-corrected chi connectivity index (χ0v) is 17.6. The monoisotopic (exact) mass is 431 g/mol. The van der Waals surface area contributed by atoms with Gasteiger partial charge in [-0.3, -0.25) is 4.57 Å². The Morgan fingerprint density at radius 2 is 1.50 bits per heavy atom. The zero-order valence-electron chi connectivity index (χ0n) is 17.6. The molecule has 1 aliphatic heterocycles. The Morgan fingerprint density at radius 1 is 0.844 bits per heavy atom. The van der Waals surface area contributed by atoms with Gasteiger partial charge in [0.1, 0.15) is 18.1 Å². The van der Waals surface area contributed by atoms with Crippen LogP contribution in [-0.2, 0) is 27.4 Å². The highest BCUT2D eigenvalue weighted by molar-refractivity contribution is 5.81. The Kier molecular flexibility index (Phi) is 6.06. The third-order valence-corrected chi connectivity index (χ3v) is 5.63. The number of hydrogen-bond acceptors (Lipinski definition) is 7. The minimum atomic E-state index is -0.254. The number of nitrogen functional groups attached to an aromatic ring is 1. The van der Waals surface area contributed by atoms with Gasteiger partial charge in [-0.2, -0.15) is 0 Å². The third-order valence-electron chi connectivity index (χ3n) is 5.63. The van der Waals surface area contributed by atoms with Gasteiger partial charge in [-0.25, -0.2) is 15.0 Å². The van der Waals surface area contributed by atoms with E-state index in [0.29, 0.717) is 43.4 Å². The first kappa shape index (κ1) is 20.6. The highest BCUT2D eigenvalue weighted by atomic mass is 16.6. The maximum Gasteiger partial charge on any atom is 0.167 e. The number of fused-ring (bicyclic) bond motifs is 1. The number of rotatable bonds is 9. The van der Waals surface area contributed by atoms with E-state index in [1.54, 1.807) is 6.33 Å². The van der Waals surface area contributed by atoms with E-state index in [1.807, 2.05) is 53.1 Å². The summed E-state index contributed by atoms with van der Waals surface area (Å²) in [5.41, 5.74) is 9.44. The van der Waals surface area contributed by atoms with Crippen LogP contribution in [0.3, 0.4) is 0 Å². The molecule has 5 rings (SSSR count). The van der Waals surface area contributed by atoms with Gasteiger partial charge in [0.15, 0.2) is 11.5 Å². The van der Waals surface area contributed by atoms with Crippen molar-refractivity contribution >= 4 is 17.0 Å². The van der Waals surface area contributed by atoms with Crippen molar-refractivity contribution in [3.05, 3.63) is 84.4 Å². The van der Waals surface area contributed by atoms with Gasteiger partial charge in [-0.1, -0.05) is 60.7 Å². The van der Waals surface area contributed by atoms with Crippen molar-refractivity contribution in [2.75, 3.05) is 18.9 Å². The van der Waals surface area contributed by atoms with E-state index in [4.69, 9.17) is 19.9 Å². The molecule has 8 nitrogen and oxygen atoms in total. The van der Waals surface area contributed by atoms with Crippen LogP contribution in [0.4, 0.5) is 5.82 Å². The van der Waals surface area contributed by atoms with Crippen molar-refractivity contribution in [1.82, 2.24) is 19.5 Å². The zero-order chi connectivity index (χ0) is 21.8. The van der Waals surface area contributed by atoms with Crippen molar-refractivity contribution in [3.8, 4) is 0 Å². The van der Waals surface area contributed by atoms with Crippen LogP contribution in [0, 0.1) is 5.92 Å². The Labute approximate surface area is 186 Å². The Balaban J connectivity index is 1.27. The van der Waals surface area contributed by atoms with E-state index in [0.717, 1.165) is 11.1 Å². The molecule has 0 bridgehead atoms. The van der Waals surface area contributed by atoms with Gasteiger partial charge < -0.3 is 19.9 Å². The van der Waals surface area contributed by atoms with Crippen LogP contribution in [0.5, 0.6) is 0 Å². The molecule has 2 N–H and O–H groups in total. The number of benzene rings is 2. The van der Waals surface area contributed by atoms with Crippen LogP contribution in [0.25, 0.3) is 11.2 Å². The van der Waals surface area contributed by atoms with Crippen LogP contribution < -0.4 is 5.73 Å². The number of nitrogens with two attached hydrogens (primary N) is 1. The SMILES string of the molecule is Nc1ncnc2c1ncn2[C@H]1O[C@@H](COCc2ccccc2)[C@@H]1COCc1ccccc1. The van der Waals surface area contributed by atoms with Crippen molar-refractivity contribution in [1.29, 1.82) is 0 Å². The van der Waals surface area contributed by atoms with E-state index in [2.05, 4.69) is 27.1 Å². The summed E-state index contributed by atoms with van der Waals surface area (Å²) in [7, 11) is 0. The Hall–Kier alpha value is -3.33. The molecule has 164 valence electrons. The second-order valence-corrected chi connectivity index (χ2v) is 7.81. The smallest absolute Gasteiger partial charge is 0.167 e. The molecule has 1 saturated heterocycles. The molecule has 4 aromatic rings. The van der Waals surface area contributed by atoms with E-state index < -0.39 is 0 Å². The van der Waals surface area contributed by atoms with E-state index >= 15 is 0 Å². The summed E-state index contributed by atoms with van der Waals surface area (Å²) in [5.74, 6) is 0.441. The van der Waals surface area contributed by atoms with Gasteiger partial charge in [-0.15, -0.1) is 0 Å². The molecule has 0 radical (unpaired) electrons. The number of aromatic nitrogens is 4. The molecule has 0 aliphatic carbocycles. The normalized spacial score (nSPS) is 20.3. The maximum absolute atomic E-state index is 6.20. The van der Waals surface area contributed by atoms with Crippen LogP contribution in [0.1, 0.15) is 17.4 Å². The summed E-state index contributed by atoms with van der Waals surface area (Å²) < 4.78 is 20.1. The molecule has 8 heteroatoms. The third kappa shape index (κ3) is 4.34. The summed E-state index contributed by atoms with van der Waals surface area (Å²) in [6.45, 7) is 2.09. The van der Waals surface area contributed by atoms with E-state index in [-0.39, 0.29) is 18.2 Å². The van der Waals surface area contributed by atoms with Gasteiger partial charge in [0.2, 0.25) is 0 Å². The molecule has 3 atom stereocenters. The first-order chi connectivity index (χ1) is 15.8. The lowest BCUT2D eigenvalue weighted by molar-refractivity contribution is -0.254. The molecule has 32 heavy (non-hydrogen) atoms. The fourth-order valence-electron chi connectivity index (χ4n) is 3.91. The lowest BCUT2D eigenvalue weighted by Crippen LogP contribution is -2.50. The van der Waals surface area contributed by atoms with Gasteiger partial charge in [-0.05, 0) is 11.1 Å². The molecule has 2 aromatic heterocycles. The minimum Gasteiger partial charge on any atom is -0.382 e. The van der Waals surface area contributed by atoms with Crippen LogP contribution in [-0.4, -0.2) is 38.8 Å². The molecule has 0 amide bonds. The molecule has 0 spiro atoms. The van der Waals surface area contributed by atoms with Crippen molar-refractivity contribution in [2.45, 2.75) is 25.5 Å². The molecule has 2 aromatic carbocycles. The van der Waals surface area contributed by atoms with Gasteiger partial charge >= 0.3 is 0 Å². The van der Waals surface area contributed by atoms with Crippen LogP contribution in [0.2, 0.25) is 0 Å². The average Bonchev–Trinajstić information content (AvgIpc) is 3.25. The van der Waals surface area contributed by atoms with Crippen LogP contribution >= 0.6 is 0 Å². The predicted octanol–water partition coefficient (Wildman–Crippen LogP) is 3.36. The second-order valence-electron chi connectivity index (χ2n) is 7.81. The number of ether oxygens (including phenoxy) is 3. The number of imidazole rings is 1. The summed E-state index contributed by atoms with van der Waals surface area (Å²) in [6, 6.07) is 20.2. The second kappa shape index (κ2) is 9.44. The van der Waals surface area contributed by atoms with E-state index in [9.17, 15) is 0 Å². The highest BCUT2D eigenvalue weighted by Crippen LogP contribution is 2.39.